The summed E-state index contributed by atoms with van der Waals surface area (Å²) < 4.78 is 0. The fourth-order valence-corrected chi connectivity index (χ4v) is 2.62. The third-order valence-electron chi connectivity index (χ3n) is 3.22. The Morgan fingerprint density at radius 2 is 1.86 bits per heavy atom. The Kier molecular flexibility index (Phi) is 7.52. The van der Waals surface area contributed by atoms with Gasteiger partial charge in [-0.3, -0.25) is 4.99 Å². The number of benzene rings is 1. The van der Waals surface area contributed by atoms with Crippen molar-refractivity contribution >= 4 is 23.3 Å². The monoisotopic (exact) mass is 301 g/mol. The molecule has 0 N–H and O–H groups in total. The Morgan fingerprint density at radius 3 is 2.48 bits per heavy atom. The maximum absolute atomic E-state index is 5.49. The quantitative estimate of drug-likeness (QED) is 0.485. The van der Waals surface area contributed by atoms with E-state index < -0.39 is 0 Å². The second-order valence-corrected chi connectivity index (χ2v) is 6.77. The lowest BCUT2D eigenvalue weighted by atomic mass is 9.94. The van der Waals surface area contributed by atoms with Crippen LogP contribution in [0.5, 0.6) is 0 Å². The number of allylic oxidation sites excluding steroid dienone is 2. The van der Waals surface area contributed by atoms with Crippen LogP contribution in [-0.4, -0.2) is 17.6 Å². The number of aliphatic imine (C=N–C) groups is 1. The molecular formula is C19H27NS. The smallest absolute Gasteiger partial charge is 0.0705 e. The fraction of sp³-hybridized carbons (Fsp3) is 0.474. The molecule has 1 aromatic rings. The molecule has 114 valence electrons. The lowest BCUT2D eigenvalue weighted by Crippen LogP contribution is -2.07. The molecule has 0 spiro atoms. The number of hydrogen-bond donors (Lipinski definition) is 0. The van der Waals surface area contributed by atoms with Crippen LogP contribution in [0, 0.1) is 5.92 Å². The van der Waals surface area contributed by atoms with Crippen molar-refractivity contribution in [3.05, 3.63) is 47.0 Å². The Balaban J connectivity index is 2.61. The van der Waals surface area contributed by atoms with Crippen molar-refractivity contribution in [2.24, 2.45) is 10.9 Å². The number of hydrogen-bond acceptors (Lipinski definition) is 2. The SMILES string of the molecule is C/C(C=NCC(=S)Cc1ccccc1C(C)C)=C/C(C)C. The Labute approximate surface area is 135 Å². The van der Waals surface area contributed by atoms with E-state index in [-0.39, 0.29) is 0 Å². The van der Waals surface area contributed by atoms with Crippen LogP contribution in [-0.2, 0) is 6.42 Å². The highest BCUT2D eigenvalue weighted by atomic mass is 32.1. The number of thiocarbonyl (C=S) groups is 1. The van der Waals surface area contributed by atoms with Crippen molar-refractivity contribution in [3.63, 3.8) is 0 Å². The van der Waals surface area contributed by atoms with E-state index in [1.807, 2.05) is 6.21 Å². The lowest BCUT2D eigenvalue weighted by Gasteiger charge is -2.12. The molecule has 0 saturated heterocycles. The molecule has 0 aliphatic carbocycles. The van der Waals surface area contributed by atoms with Gasteiger partial charge in [0.2, 0.25) is 0 Å². The fourth-order valence-electron chi connectivity index (χ4n) is 2.39. The zero-order valence-electron chi connectivity index (χ0n) is 13.9. The summed E-state index contributed by atoms with van der Waals surface area (Å²) in [5.74, 6) is 1.09. The van der Waals surface area contributed by atoms with Crippen molar-refractivity contribution in [1.82, 2.24) is 0 Å². The van der Waals surface area contributed by atoms with Gasteiger partial charge in [0, 0.05) is 17.5 Å². The molecule has 2 heteroatoms. The molecule has 0 bridgehead atoms. The Bertz CT molecular complexity index is 524. The first-order chi connectivity index (χ1) is 9.90. The van der Waals surface area contributed by atoms with E-state index in [1.165, 1.54) is 16.7 Å². The molecule has 0 amide bonds. The summed E-state index contributed by atoms with van der Waals surface area (Å²) in [6.07, 6.45) is 4.98. The van der Waals surface area contributed by atoms with Crippen molar-refractivity contribution in [2.75, 3.05) is 6.54 Å². The van der Waals surface area contributed by atoms with Gasteiger partial charge in [-0.1, -0.05) is 70.3 Å². The first-order valence-corrected chi connectivity index (χ1v) is 8.08. The average Bonchev–Trinajstić information content (AvgIpc) is 2.38. The van der Waals surface area contributed by atoms with Gasteiger partial charge in [0.25, 0.3) is 0 Å². The van der Waals surface area contributed by atoms with Gasteiger partial charge < -0.3 is 0 Å². The van der Waals surface area contributed by atoms with E-state index in [0.29, 0.717) is 18.4 Å². The summed E-state index contributed by atoms with van der Waals surface area (Å²) in [6, 6.07) is 8.55. The van der Waals surface area contributed by atoms with Gasteiger partial charge in [-0.2, -0.15) is 0 Å². The van der Waals surface area contributed by atoms with Gasteiger partial charge in [-0.05, 0) is 35.5 Å². The zero-order chi connectivity index (χ0) is 15.8. The molecule has 0 atom stereocenters. The van der Waals surface area contributed by atoms with E-state index in [2.05, 4.69) is 70.0 Å². The first kappa shape index (κ1) is 17.8. The predicted octanol–water partition coefficient (Wildman–Crippen LogP) is 5.40. The van der Waals surface area contributed by atoms with E-state index in [4.69, 9.17) is 12.2 Å². The van der Waals surface area contributed by atoms with Gasteiger partial charge in [0.05, 0.1) is 6.54 Å². The van der Waals surface area contributed by atoms with Crippen molar-refractivity contribution in [2.45, 2.75) is 47.0 Å². The maximum Gasteiger partial charge on any atom is 0.0705 e. The number of nitrogens with zero attached hydrogens (tertiary/aromatic N) is 1. The first-order valence-electron chi connectivity index (χ1n) is 7.68. The van der Waals surface area contributed by atoms with Crippen LogP contribution in [0.2, 0.25) is 0 Å². The van der Waals surface area contributed by atoms with Crippen molar-refractivity contribution in [1.29, 1.82) is 0 Å². The Morgan fingerprint density at radius 1 is 1.19 bits per heavy atom. The molecule has 21 heavy (non-hydrogen) atoms. The topological polar surface area (TPSA) is 12.4 Å². The summed E-state index contributed by atoms with van der Waals surface area (Å²) in [7, 11) is 0. The third-order valence-corrected chi connectivity index (χ3v) is 3.50. The highest BCUT2D eigenvalue weighted by Gasteiger charge is 2.07. The van der Waals surface area contributed by atoms with E-state index in [9.17, 15) is 0 Å². The largest absolute Gasteiger partial charge is 0.288 e. The van der Waals surface area contributed by atoms with E-state index in [0.717, 1.165) is 11.3 Å². The molecule has 0 fully saturated rings. The van der Waals surface area contributed by atoms with Crippen LogP contribution in [0.15, 0.2) is 40.9 Å². The standard InChI is InChI=1S/C19H27NS/c1-14(2)10-16(5)12-20-13-18(21)11-17-8-6-7-9-19(17)15(3)4/h6-10,12,14-15H,11,13H2,1-5H3/b16-10-,20-12?. The van der Waals surface area contributed by atoms with Crippen LogP contribution >= 0.6 is 12.2 Å². The van der Waals surface area contributed by atoms with Gasteiger partial charge in [-0.15, -0.1) is 0 Å². The molecule has 0 saturated carbocycles. The molecular weight excluding hydrogens is 274 g/mol. The third kappa shape index (κ3) is 6.81. The van der Waals surface area contributed by atoms with Crippen LogP contribution in [0.3, 0.4) is 0 Å². The second kappa shape index (κ2) is 8.89. The van der Waals surface area contributed by atoms with Gasteiger partial charge >= 0.3 is 0 Å². The average molecular weight is 301 g/mol. The molecule has 1 nitrogen and oxygen atoms in total. The highest BCUT2D eigenvalue weighted by Crippen LogP contribution is 2.20. The summed E-state index contributed by atoms with van der Waals surface area (Å²) in [6.45, 7) is 11.5. The van der Waals surface area contributed by atoms with Crippen LogP contribution in [0.1, 0.15) is 51.7 Å². The van der Waals surface area contributed by atoms with E-state index >= 15 is 0 Å². The molecule has 0 radical (unpaired) electrons. The van der Waals surface area contributed by atoms with Crippen LogP contribution < -0.4 is 0 Å². The minimum absolute atomic E-state index is 0.531. The summed E-state index contributed by atoms with van der Waals surface area (Å²) >= 11 is 5.49. The molecule has 0 aromatic heterocycles. The Hall–Kier alpha value is -1.28. The van der Waals surface area contributed by atoms with Gasteiger partial charge in [0.1, 0.15) is 0 Å². The minimum atomic E-state index is 0.531. The molecule has 0 unspecified atom stereocenters. The molecule has 1 aromatic carbocycles. The van der Waals surface area contributed by atoms with Gasteiger partial charge in [-0.25, -0.2) is 0 Å². The molecule has 0 heterocycles. The van der Waals surface area contributed by atoms with Gasteiger partial charge in [0.15, 0.2) is 0 Å². The van der Waals surface area contributed by atoms with Crippen LogP contribution in [0.4, 0.5) is 0 Å². The van der Waals surface area contributed by atoms with Crippen molar-refractivity contribution in [3.8, 4) is 0 Å². The highest BCUT2D eigenvalue weighted by molar-refractivity contribution is 7.80. The summed E-state index contributed by atoms with van der Waals surface area (Å²) in [5.41, 5.74) is 3.93. The predicted molar refractivity (Wildman–Crippen MR) is 98.8 cm³/mol. The molecule has 0 aliphatic heterocycles. The maximum atomic E-state index is 5.49. The summed E-state index contributed by atoms with van der Waals surface area (Å²) in [4.78, 5) is 5.46. The molecule has 1 rings (SSSR count). The van der Waals surface area contributed by atoms with Crippen LogP contribution in [0.25, 0.3) is 0 Å². The second-order valence-electron chi connectivity index (χ2n) is 6.19. The normalized spacial score (nSPS) is 12.6. The zero-order valence-corrected chi connectivity index (χ0v) is 14.7. The number of rotatable bonds is 7. The lowest BCUT2D eigenvalue weighted by molar-refractivity contribution is 0.827. The summed E-state index contributed by atoms with van der Waals surface area (Å²) in [5, 5.41) is 0. The molecule has 0 aliphatic rings. The minimum Gasteiger partial charge on any atom is -0.288 e. The van der Waals surface area contributed by atoms with E-state index in [1.54, 1.807) is 0 Å². The van der Waals surface area contributed by atoms with Crippen molar-refractivity contribution < 1.29 is 0 Å².